The number of halogens is 3. The topological polar surface area (TPSA) is 122 Å². The number of likely N-dealkylation sites (N-methyl/N-ethyl adjacent to an activating group) is 1. The molecule has 1 aliphatic rings. The molecule has 35 heavy (non-hydrogen) atoms. The molecular weight excluding hydrogens is 463 g/mol. The van der Waals surface area contributed by atoms with E-state index in [-0.39, 0.29) is 29.1 Å². The van der Waals surface area contributed by atoms with Crippen molar-refractivity contribution in [2.75, 3.05) is 19.4 Å². The van der Waals surface area contributed by atoms with Gasteiger partial charge in [0.2, 0.25) is 0 Å². The molecule has 4 heterocycles. The van der Waals surface area contributed by atoms with E-state index >= 15 is 0 Å². The van der Waals surface area contributed by atoms with Gasteiger partial charge in [-0.1, -0.05) is 0 Å². The molecule has 12 heteroatoms. The summed E-state index contributed by atoms with van der Waals surface area (Å²) in [7, 11) is 1.49. The van der Waals surface area contributed by atoms with Crippen molar-refractivity contribution in [3.8, 4) is 6.07 Å². The maximum absolute atomic E-state index is 13.6. The summed E-state index contributed by atoms with van der Waals surface area (Å²) >= 11 is 0. The molecule has 3 aromatic heterocycles. The molecule has 0 spiro atoms. The van der Waals surface area contributed by atoms with Crippen LogP contribution in [0.15, 0.2) is 36.9 Å². The van der Waals surface area contributed by atoms with Gasteiger partial charge >= 0.3 is 6.18 Å². The predicted molar refractivity (Wildman–Crippen MR) is 118 cm³/mol. The summed E-state index contributed by atoms with van der Waals surface area (Å²) in [6.45, 7) is 1.67. The molecule has 0 unspecified atom stereocenters. The number of imidazole rings is 1. The Balaban J connectivity index is 1.59. The van der Waals surface area contributed by atoms with Gasteiger partial charge in [-0.25, -0.2) is 9.97 Å². The smallest absolute Gasteiger partial charge is 0.382 e. The standard InChI is InChI=1S/C23H18F3N7O2/c1-11-14-4-13(23(24,25)26)7-30-20(14)19(9-35-11)32(2)22(34)15-5-17-16(3-12(15)6-27)31-21(28)18-8-29-10-33(17)18/h3-5,7-8,10-11,19H,9H2,1-2H3,(H2,28,31)/t11-,19-/m1/s1. The van der Waals surface area contributed by atoms with Crippen LogP contribution in [0.1, 0.15) is 51.8 Å². The average Bonchev–Trinajstić information content (AvgIpc) is 3.33. The van der Waals surface area contributed by atoms with Gasteiger partial charge in [0.1, 0.15) is 17.4 Å². The quantitative estimate of drug-likeness (QED) is 0.464. The van der Waals surface area contributed by atoms with Crippen LogP contribution in [0, 0.1) is 11.3 Å². The molecule has 2 N–H and O–H groups in total. The molecule has 9 nitrogen and oxygen atoms in total. The van der Waals surface area contributed by atoms with Crippen LogP contribution in [0.25, 0.3) is 16.6 Å². The van der Waals surface area contributed by atoms with Crippen molar-refractivity contribution in [1.29, 1.82) is 5.26 Å². The van der Waals surface area contributed by atoms with E-state index in [1.54, 1.807) is 11.3 Å². The normalized spacial score (nSPS) is 17.8. The van der Waals surface area contributed by atoms with Crippen LogP contribution in [-0.4, -0.2) is 43.8 Å². The Morgan fingerprint density at radius 1 is 1.29 bits per heavy atom. The van der Waals surface area contributed by atoms with Crippen LogP contribution in [0.5, 0.6) is 0 Å². The lowest BCUT2D eigenvalue weighted by molar-refractivity contribution is -0.138. The fourth-order valence-electron chi connectivity index (χ4n) is 4.27. The van der Waals surface area contributed by atoms with E-state index in [0.717, 1.165) is 12.3 Å². The van der Waals surface area contributed by atoms with Gasteiger partial charge in [-0.3, -0.25) is 14.2 Å². The van der Waals surface area contributed by atoms with Crippen LogP contribution < -0.4 is 5.73 Å². The van der Waals surface area contributed by atoms with Crippen LogP contribution in [0.3, 0.4) is 0 Å². The maximum atomic E-state index is 13.6. The molecule has 0 saturated carbocycles. The highest BCUT2D eigenvalue weighted by atomic mass is 19.4. The Labute approximate surface area is 196 Å². The van der Waals surface area contributed by atoms with Crippen LogP contribution in [0.2, 0.25) is 0 Å². The van der Waals surface area contributed by atoms with Gasteiger partial charge in [0.25, 0.3) is 5.91 Å². The Bertz CT molecular complexity index is 1540. The first-order valence-electron chi connectivity index (χ1n) is 10.5. The zero-order valence-corrected chi connectivity index (χ0v) is 18.5. The summed E-state index contributed by atoms with van der Waals surface area (Å²) in [5.74, 6) is -0.297. The minimum Gasteiger partial charge on any atom is -0.382 e. The number of hydrogen-bond donors (Lipinski definition) is 1. The van der Waals surface area contributed by atoms with Crippen molar-refractivity contribution >= 4 is 28.3 Å². The Morgan fingerprint density at radius 3 is 2.77 bits per heavy atom. The van der Waals surface area contributed by atoms with E-state index < -0.39 is 29.8 Å². The Kier molecular flexibility index (Phi) is 5.10. The molecule has 0 bridgehead atoms. The summed E-state index contributed by atoms with van der Waals surface area (Å²) < 4.78 is 47.0. The van der Waals surface area contributed by atoms with Crippen molar-refractivity contribution in [3.05, 3.63) is 64.9 Å². The number of alkyl halides is 3. The molecular formula is C23H18F3N7O2. The number of carbonyl (C=O) groups excluding carboxylic acids is 1. The maximum Gasteiger partial charge on any atom is 0.417 e. The number of nitriles is 1. The first-order chi connectivity index (χ1) is 16.6. The second-order valence-corrected chi connectivity index (χ2v) is 8.25. The number of pyridine rings is 1. The molecule has 4 aromatic rings. The number of nitrogen functional groups attached to an aromatic ring is 1. The third-order valence-electron chi connectivity index (χ3n) is 6.19. The summed E-state index contributed by atoms with van der Waals surface area (Å²) in [5.41, 5.74) is 7.30. The van der Waals surface area contributed by atoms with Gasteiger partial charge in [-0.2, -0.15) is 18.4 Å². The molecule has 0 fully saturated rings. The third-order valence-corrected chi connectivity index (χ3v) is 6.19. The monoisotopic (exact) mass is 481 g/mol. The van der Waals surface area contributed by atoms with Gasteiger partial charge in [0, 0.05) is 18.8 Å². The second kappa shape index (κ2) is 7.92. The zero-order valence-electron chi connectivity index (χ0n) is 18.5. The van der Waals surface area contributed by atoms with Crippen LogP contribution in [-0.2, 0) is 10.9 Å². The molecule has 1 amide bonds. The molecule has 5 rings (SSSR count). The zero-order chi connectivity index (χ0) is 25.1. The lowest BCUT2D eigenvalue weighted by atomic mass is 9.97. The van der Waals surface area contributed by atoms with Crippen molar-refractivity contribution < 1.29 is 22.7 Å². The van der Waals surface area contributed by atoms with Crippen molar-refractivity contribution in [3.63, 3.8) is 0 Å². The van der Waals surface area contributed by atoms with Gasteiger partial charge < -0.3 is 15.4 Å². The SMILES string of the molecule is C[C@H]1OC[C@@H](N(C)C(=O)c2cc3c(cc2C#N)nc(N)c2cncn23)c2ncc(C(F)(F)F)cc21. The molecule has 178 valence electrons. The van der Waals surface area contributed by atoms with Gasteiger partial charge in [-0.15, -0.1) is 0 Å². The number of rotatable bonds is 2. The van der Waals surface area contributed by atoms with Gasteiger partial charge in [0.05, 0.1) is 64.7 Å². The number of hydrogen-bond acceptors (Lipinski definition) is 7. The molecule has 2 atom stereocenters. The number of fused-ring (bicyclic) bond motifs is 4. The van der Waals surface area contributed by atoms with Crippen LogP contribution in [0.4, 0.5) is 19.0 Å². The minimum atomic E-state index is -4.56. The highest BCUT2D eigenvalue weighted by Gasteiger charge is 2.37. The number of amides is 1. The van der Waals surface area contributed by atoms with Gasteiger partial charge in [-0.05, 0) is 25.1 Å². The highest BCUT2D eigenvalue weighted by Crippen LogP contribution is 2.38. The summed E-state index contributed by atoms with van der Waals surface area (Å²) in [4.78, 5) is 27.3. The number of aromatic nitrogens is 4. The molecule has 0 saturated heterocycles. The number of anilines is 1. The fraction of sp³-hybridized carbons (Fsp3) is 0.261. The number of carbonyl (C=O) groups is 1. The molecule has 0 aliphatic carbocycles. The first kappa shape index (κ1) is 22.5. The van der Waals surface area contributed by atoms with E-state index in [1.807, 2.05) is 6.07 Å². The summed E-state index contributed by atoms with van der Waals surface area (Å²) in [6, 6.07) is 5.25. The van der Waals surface area contributed by atoms with Crippen molar-refractivity contribution in [1.82, 2.24) is 24.3 Å². The third kappa shape index (κ3) is 3.60. The van der Waals surface area contributed by atoms with Gasteiger partial charge in [0.15, 0.2) is 0 Å². The summed E-state index contributed by atoms with van der Waals surface area (Å²) in [5, 5.41) is 9.72. The number of ether oxygens (including phenoxy) is 1. The lowest BCUT2D eigenvalue weighted by Crippen LogP contribution is -2.38. The first-order valence-corrected chi connectivity index (χ1v) is 10.5. The number of benzene rings is 1. The predicted octanol–water partition coefficient (Wildman–Crippen LogP) is 3.65. The van der Waals surface area contributed by atoms with E-state index in [0.29, 0.717) is 22.2 Å². The molecule has 1 aromatic carbocycles. The van der Waals surface area contributed by atoms with E-state index in [1.165, 1.54) is 36.6 Å². The van der Waals surface area contributed by atoms with Crippen molar-refractivity contribution in [2.45, 2.75) is 25.2 Å². The number of nitrogens with two attached hydrogens (primary N) is 1. The largest absolute Gasteiger partial charge is 0.417 e. The summed E-state index contributed by atoms with van der Waals surface area (Å²) in [6.07, 6.45) is -1.37. The van der Waals surface area contributed by atoms with E-state index in [2.05, 4.69) is 15.0 Å². The van der Waals surface area contributed by atoms with Crippen LogP contribution >= 0.6 is 0 Å². The highest BCUT2D eigenvalue weighted by molar-refractivity contribution is 6.01. The van der Waals surface area contributed by atoms with E-state index in [4.69, 9.17) is 10.5 Å². The Morgan fingerprint density at radius 2 is 2.06 bits per heavy atom. The molecule has 1 aliphatic heterocycles. The Hall–Kier alpha value is -4.24. The fourth-order valence-corrected chi connectivity index (χ4v) is 4.27. The van der Waals surface area contributed by atoms with Crippen molar-refractivity contribution in [2.24, 2.45) is 0 Å². The second-order valence-electron chi connectivity index (χ2n) is 8.25. The van der Waals surface area contributed by atoms with E-state index in [9.17, 15) is 23.2 Å². The lowest BCUT2D eigenvalue weighted by Gasteiger charge is -2.35. The molecule has 0 radical (unpaired) electrons. The minimum absolute atomic E-state index is 0.0358. The average molecular weight is 481 g/mol. The number of nitrogens with zero attached hydrogens (tertiary/aromatic N) is 6.